The Bertz CT molecular complexity index is 653. The molecule has 3 rings (SSSR count). The molecule has 2 heterocycles. The summed E-state index contributed by atoms with van der Waals surface area (Å²) < 4.78 is 0. The molecule has 0 spiro atoms. The lowest BCUT2D eigenvalue weighted by atomic mass is 10.2. The lowest BCUT2D eigenvalue weighted by molar-refractivity contribution is -0.117. The van der Waals surface area contributed by atoms with Crippen molar-refractivity contribution in [2.75, 3.05) is 25.0 Å². The van der Waals surface area contributed by atoms with Gasteiger partial charge in [-0.2, -0.15) is 0 Å². The molecule has 2 aliphatic rings. The third-order valence-electron chi connectivity index (χ3n) is 4.21. The summed E-state index contributed by atoms with van der Waals surface area (Å²) in [4.78, 5) is 19.1. The smallest absolute Gasteiger partial charge is 0.241 e. The number of hydrogen-bond acceptors (Lipinski definition) is 5. The maximum atomic E-state index is 12.2. The summed E-state index contributed by atoms with van der Waals surface area (Å²) in [6.07, 6.45) is 2.03. The van der Waals surface area contributed by atoms with E-state index in [-0.39, 0.29) is 11.9 Å². The van der Waals surface area contributed by atoms with E-state index < -0.39 is 0 Å². The highest BCUT2D eigenvalue weighted by Gasteiger charge is 2.24. The molecule has 0 aliphatic carbocycles. The zero-order valence-corrected chi connectivity index (χ0v) is 15.0. The second-order valence-corrected chi connectivity index (χ2v) is 7.01. The third-order valence-corrected chi connectivity index (χ3v) is 5.16. The van der Waals surface area contributed by atoms with E-state index in [2.05, 4.69) is 25.9 Å². The second-order valence-electron chi connectivity index (χ2n) is 6.18. The molecule has 1 aromatic carbocycles. The molecule has 5 nitrogen and oxygen atoms in total. The maximum Gasteiger partial charge on any atom is 0.241 e. The van der Waals surface area contributed by atoms with E-state index in [0.717, 1.165) is 43.3 Å². The Balaban J connectivity index is 1.43. The zero-order valence-electron chi connectivity index (χ0n) is 14.2. The minimum atomic E-state index is -0.226. The van der Waals surface area contributed by atoms with Crippen LogP contribution in [0, 0.1) is 6.92 Å². The summed E-state index contributed by atoms with van der Waals surface area (Å²) >= 11 is 1.71. The number of anilines is 1. The number of thioether (sulfide) groups is 1. The lowest BCUT2D eigenvalue weighted by Crippen LogP contribution is -2.39. The minimum absolute atomic E-state index is 0.00569. The molecule has 1 amide bonds. The Morgan fingerprint density at radius 1 is 1.38 bits per heavy atom. The number of aryl methyl sites for hydroxylation is 1. The van der Waals surface area contributed by atoms with Crippen LogP contribution >= 0.6 is 11.8 Å². The van der Waals surface area contributed by atoms with Crippen molar-refractivity contribution in [3.05, 3.63) is 40.9 Å². The van der Waals surface area contributed by atoms with Crippen LogP contribution in [0.4, 0.5) is 5.69 Å². The SMILES string of the molecule is Cc1ccc(NC(=O)[C@@H](C)NCCC2=CSC3=NCCCN23)cc1. The largest absolute Gasteiger partial charge is 0.325 e. The molecule has 0 aromatic heterocycles. The molecule has 0 saturated heterocycles. The number of rotatable bonds is 6. The number of amidine groups is 1. The molecule has 24 heavy (non-hydrogen) atoms. The van der Waals surface area contributed by atoms with Gasteiger partial charge in [-0.25, -0.2) is 0 Å². The van der Waals surface area contributed by atoms with Gasteiger partial charge < -0.3 is 15.5 Å². The highest BCUT2D eigenvalue weighted by atomic mass is 32.2. The molecule has 0 bridgehead atoms. The molecule has 2 N–H and O–H groups in total. The summed E-state index contributed by atoms with van der Waals surface area (Å²) in [6.45, 7) is 6.70. The Morgan fingerprint density at radius 2 is 2.17 bits per heavy atom. The van der Waals surface area contributed by atoms with Crippen LogP contribution in [-0.2, 0) is 4.79 Å². The Hall–Kier alpha value is -1.79. The first kappa shape index (κ1) is 17.0. The third kappa shape index (κ3) is 4.19. The van der Waals surface area contributed by atoms with Crippen molar-refractivity contribution in [3.8, 4) is 0 Å². The summed E-state index contributed by atoms with van der Waals surface area (Å²) in [5.41, 5.74) is 3.32. The van der Waals surface area contributed by atoms with Gasteiger partial charge in [0.05, 0.1) is 6.04 Å². The Labute approximate surface area is 147 Å². The molecule has 128 valence electrons. The van der Waals surface area contributed by atoms with Gasteiger partial charge in [-0.3, -0.25) is 9.79 Å². The molecule has 0 radical (unpaired) electrons. The topological polar surface area (TPSA) is 56.7 Å². The van der Waals surface area contributed by atoms with Crippen LogP contribution in [-0.4, -0.2) is 41.7 Å². The van der Waals surface area contributed by atoms with E-state index >= 15 is 0 Å². The Kier molecular flexibility index (Phi) is 5.58. The number of hydrogen-bond donors (Lipinski definition) is 2. The van der Waals surface area contributed by atoms with E-state index in [1.807, 2.05) is 38.1 Å². The van der Waals surface area contributed by atoms with Crippen molar-refractivity contribution in [3.63, 3.8) is 0 Å². The monoisotopic (exact) mass is 344 g/mol. The van der Waals surface area contributed by atoms with E-state index in [4.69, 9.17) is 0 Å². The molecule has 1 aromatic rings. The van der Waals surface area contributed by atoms with Crippen molar-refractivity contribution >= 4 is 28.5 Å². The number of carbonyl (C=O) groups excluding carboxylic acids is 1. The Morgan fingerprint density at radius 3 is 2.96 bits per heavy atom. The fraction of sp³-hybridized carbons (Fsp3) is 0.444. The zero-order chi connectivity index (χ0) is 16.9. The summed E-state index contributed by atoms with van der Waals surface area (Å²) in [5.74, 6) is -0.00569. The second kappa shape index (κ2) is 7.85. The van der Waals surface area contributed by atoms with E-state index in [9.17, 15) is 4.79 Å². The lowest BCUT2D eigenvalue weighted by Gasteiger charge is -2.25. The molecule has 0 saturated carbocycles. The van der Waals surface area contributed by atoms with Crippen molar-refractivity contribution in [2.24, 2.45) is 4.99 Å². The van der Waals surface area contributed by atoms with E-state index in [1.54, 1.807) is 11.8 Å². The van der Waals surface area contributed by atoms with Crippen LogP contribution in [0.1, 0.15) is 25.3 Å². The first-order valence-corrected chi connectivity index (χ1v) is 9.30. The molecule has 2 aliphatic heterocycles. The fourth-order valence-corrected chi connectivity index (χ4v) is 3.72. The first-order chi connectivity index (χ1) is 11.6. The number of amides is 1. The summed E-state index contributed by atoms with van der Waals surface area (Å²) in [7, 11) is 0. The fourth-order valence-electron chi connectivity index (χ4n) is 2.73. The van der Waals surface area contributed by atoms with Gasteiger partial charge in [0, 0.05) is 37.4 Å². The predicted molar refractivity (Wildman–Crippen MR) is 101 cm³/mol. The number of carbonyl (C=O) groups is 1. The molecule has 1 atom stereocenters. The van der Waals surface area contributed by atoms with E-state index in [1.165, 1.54) is 11.3 Å². The number of nitrogens with zero attached hydrogens (tertiary/aromatic N) is 2. The van der Waals surface area contributed by atoms with Gasteiger partial charge in [0.2, 0.25) is 5.91 Å². The number of aliphatic imine (C=N–C) groups is 1. The molecular formula is C18H24N4OS. The maximum absolute atomic E-state index is 12.2. The summed E-state index contributed by atoms with van der Waals surface area (Å²) in [5, 5.41) is 9.56. The number of fused-ring (bicyclic) bond motifs is 1. The average Bonchev–Trinajstić information content (AvgIpc) is 3.00. The standard InChI is InChI=1S/C18H24N4OS/c1-13-4-6-15(7-5-13)21-17(23)14(2)19-10-8-16-12-24-18-20-9-3-11-22(16)18/h4-7,12,14,19H,3,8-11H2,1-2H3,(H,21,23)/t14-/m1/s1. The summed E-state index contributed by atoms with van der Waals surface area (Å²) in [6, 6.07) is 7.62. The van der Waals surface area contributed by atoms with Crippen molar-refractivity contribution in [1.29, 1.82) is 0 Å². The van der Waals surface area contributed by atoms with Gasteiger partial charge >= 0.3 is 0 Å². The van der Waals surface area contributed by atoms with Gasteiger partial charge in [-0.05, 0) is 37.8 Å². The van der Waals surface area contributed by atoms with Gasteiger partial charge in [0.15, 0.2) is 5.17 Å². The van der Waals surface area contributed by atoms with Crippen LogP contribution in [0.25, 0.3) is 0 Å². The molecule has 6 heteroatoms. The first-order valence-electron chi connectivity index (χ1n) is 8.42. The predicted octanol–water partition coefficient (Wildman–Crippen LogP) is 2.95. The van der Waals surface area contributed by atoms with Crippen LogP contribution in [0.2, 0.25) is 0 Å². The minimum Gasteiger partial charge on any atom is -0.325 e. The molecular weight excluding hydrogens is 320 g/mol. The normalized spacial score (nSPS) is 17.8. The van der Waals surface area contributed by atoms with Crippen LogP contribution < -0.4 is 10.6 Å². The van der Waals surface area contributed by atoms with Crippen molar-refractivity contribution in [1.82, 2.24) is 10.2 Å². The van der Waals surface area contributed by atoms with Gasteiger partial charge in [-0.1, -0.05) is 29.5 Å². The number of benzene rings is 1. The van der Waals surface area contributed by atoms with Gasteiger partial charge in [0.25, 0.3) is 0 Å². The highest BCUT2D eigenvalue weighted by molar-refractivity contribution is 8.16. The van der Waals surface area contributed by atoms with Crippen LogP contribution in [0.5, 0.6) is 0 Å². The average molecular weight is 344 g/mol. The van der Waals surface area contributed by atoms with E-state index in [0.29, 0.717) is 0 Å². The number of nitrogens with one attached hydrogen (secondary N) is 2. The van der Waals surface area contributed by atoms with Gasteiger partial charge in [-0.15, -0.1) is 0 Å². The highest BCUT2D eigenvalue weighted by Crippen LogP contribution is 2.30. The molecule has 0 unspecified atom stereocenters. The van der Waals surface area contributed by atoms with Crippen molar-refractivity contribution in [2.45, 2.75) is 32.7 Å². The quantitative estimate of drug-likeness (QED) is 0.833. The van der Waals surface area contributed by atoms with Crippen LogP contribution in [0.15, 0.2) is 40.4 Å². The van der Waals surface area contributed by atoms with Gasteiger partial charge in [0.1, 0.15) is 0 Å². The van der Waals surface area contributed by atoms with Crippen molar-refractivity contribution < 1.29 is 4.79 Å². The van der Waals surface area contributed by atoms with Crippen LogP contribution in [0.3, 0.4) is 0 Å². The molecule has 0 fully saturated rings.